The minimum Gasteiger partial charge on any atom is -0.384 e. The van der Waals surface area contributed by atoms with Crippen LogP contribution in [0.4, 0.5) is 5.69 Å². The van der Waals surface area contributed by atoms with Crippen LogP contribution in [-0.2, 0) is 21.2 Å². The number of sulfonamides is 1. The number of benzene rings is 2. The number of nitrogens with two attached hydrogens (primary N) is 1. The lowest BCUT2D eigenvalue weighted by molar-refractivity contribution is -0.120. The molecule has 0 saturated heterocycles. The van der Waals surface area contributed by atoms with Crippen LogP contribution in [-0.4, -0.2) is 27.4 Å². The van der Waals surface area contributed by atoms with Crippen LogP contribution < -0.4 is 15.8 Å². The van der Waals surface area contributed by atoms with Crippen LogP contribution in [0.5, 0.6) is 0 Å². The molecule has 0 fully saturated rings. The molecule has 0 aromatic heterocycles. The van der Waals surface area contributed by atoms with Crippen molar-refractivity contribution >= 4 is 21.6 Å². The van der Waals surface area contributed by atoms with Crippen molar-refractivity contribution in [3.8, 4) is 0 Å². The first-order valence-corrected chi connectivity index (χ1v) is 10.00. The lowest BCUT2D eigenvalue weighted by Gasteiger charge is -2.11. The van der Waals surface area contributed by atoms with E-state index < -0.39 is 10.0 Å². The molecule has 0 atom stereocenters. The van der Waals surface area contributed by atoms with Crippen molar-refractivity contribution in [1.82, 2.24) is 5.32 Å². The van der Waals surface area contributed by atoms with Crippen molar-refractivity contribution in [3.63, 3.8) is 0 Å². The molecule has 4 N–H and O–H groups in total. The summed E-state index contributed by atoms with van der Waals surface area (Å²) in [7, 11) is -3.67. The second kappa shape index (κ2) is 8.82. The molecule has 7 heteroatoms. The zero-order valence-electron chi connectivity index (χ0n) is 15.1. The highest BCUT2D eigenvalue weighted by molar-refractivity contribution is 7.89. The van der Waals surface area contributed by atoms with Gasteiger partial charge < -0.3 is 10.6 Å². The number of nitrogens with one attached hydrogen (secondary N) is 2. The van der Waals surface area contributed by atoms with Gasteiger partial charge in [-0.05, 0) is 55.2 Å². The topological polar surface area (TPSA) is 101 Å². The Morgan fingerprint density at radius 1 is 1.04 bits per heavy atom. The van der Waals surface area contributed by atoms with E-state index in [4.69, 9.17) is 5.14 Å². The van der Waals surface area contributed by atoms with Gasteiger partial charge in [-0.3, -0.25) is 4.79 Å². The van der Waals surface area contributed by atoms with Gasteiger partial charge in [-0.1, -0.05) is 24.3 Å². The first kappa shape index (κ1) is 19.9. The van der Waals surface area contributed by atoms with E-state index in [1.165, 1.54) is 17.7 Å². The number of primary sulfonamides is 1. The number of anilines is 1. The van der Waals surface area contributed by atoms with Gasteiger partial charge >= 0.3 is 0 Å². The summed E-state index contributed by atoms with van der Waals surface area (Å²) in [6.07, 6.45) is 1.01. The molecular weight excluding hydrogens is 350 g/mol. The number of amides is 1. The van der Waals surface area contributed by atoms with Crippen molar-refractivity contribution < 1.29 is 13.2 Å². The molecule has 2 aromatic carbocycles. The van der Waals surface area contributed by atoms with Crippen molar-refractivity contribution in [2.24, 2.45) is 5.14 Å². The van der Waals surface area contributed by atoms with Gasteiger partial charge in [0, 0.05) is 25.2 Å². The van der Waals surface area contributed by atoms with Crippen LogP contribution in [0.25, 0.3) is 0 Å². The Morgan fingerprint density at radius 2 is 1.73 bits per heavy atom. The molecule has 0 bridgehead atoms. The Labute approximate surface area is 154 Å². The maximum absolute atomic E-state index is 11.9. The molecule has 140 valence electrons. The molecule has 6 nitrogen and oxygen atoms in total. The molecule has 2 aromatic rings. The van der Waals surface area contributed by atoms with Gasteiger partial charge in [0.15, 0.2) is 0 Å². The summed E-state index contributed by atoms with van der Waals surface area (Å²) < 4.78 is 22.4. The van der Waals surface area contributed by atoms with Gasteiger partial charge in [0.2, 0.25) is 15.9 Å². The lowest BCUT2D eigenvalue weighted by Crippen LogP contribution is -2.27. The monoisotopic (exact) mass is 375 g/mol. The van der Waals surface area contributed by atoms with Gasteiger partial charge in [-0.15, -0.1) is 0 Å². The summed E-state index contributed by atoms with van der Waals surface area (Å²) >= 11 is 0. The summed E-state index contributed by atoms with van der Waals surface area (Å²) in [6.45, 7) is 5.13. The molecule has 1 amide bonds. The first-order chi connectivity index (χ1) is 12.3. The van der Waals surface area contributed by atoms with Crippen molar-refractivity contribution in [2.45, 2.75) is 31.6 Å². The third-order valence-electron chi connectivity index (χ3n) is 4.05. The average Bonchev–Trinajstić information content (AvgIpc) is 2.57. The molecule has 0 aliphatic heterocycles. The molecule has 0 radical (unpaired) electrons. The highest BCUT2D eigenvalue weighted by Gasteiger charge is 2.07. The Kier molecular flexibility index (Phi) is 6.76. The Bertz CT molecular complexity index is 862. The molecule has 0 heterocycles. The maximum Gasteiger partial charge on any atom is 0.238 e. The number of rotatable bonds is 8. The fraction of sp³-hybridized carbons (Fsp3) is 0.316. The predicted molar refractivity (Wildman–Crippen MR) is 104 cm³/mol. The standard InChI is InChI=1S/C19H25N3O3S/c1-14-3-4-15(2)18(13-14)21-12-10-19(23)22-11-9-16-5-7-17(8-6-16)26(20,24)25/h3-8,13,21H,9-12H2,1-2H3,(H,22,23)(H2,20,24,25). The molecular formula is C19H25N3O3S. The zero-order valence-corrected chi connectivity index (χ0v) is 15.9. The van der Waals surface area contributed by atoms with Crippen LogP contribution in [0.3, 0.4) is 0 Å². The summed E-state index contributed by atoms with van der Waals surface area (Å²) in [5.41, 5.74) is 4.31. The lowest BCUT2D eigenvalue weighted by atomic mass is 10.1. The third kappa shape index (κ3) is 6.16. The quantitative estimate of drug-likeness (QED) is 0.658. The molecule has 0 saturated carbocycles. The van der Waals surface area contributed by atoms with E-state index in [0.717, 1.165) is 16.8 Å². The van der Waals surface area contributed by atoms with E-state index in [-0.39, 0.29) is 10.8 Å². The maximum atomic E-state index is 11.9. The minimum atomic E-state index is -3.67. The van der Waals surface area contributed by atoms with Crippen LogP contribution >= 0.6 is 0 Å². The normalized spacial score (nSPS) is 11.2. The van der Waals surface area contributed by atoms with Gasteiger partial charge in [0.05, 0.1) is 4.90 Å². The van der Waals surface area contributed by atoms with Crippen LogP contribution in [0.15, 0.2) is 47.4 Å². The SMILES string of the molecule is Cc1ccc(C)c(NCCC(=O)NCCc2ccc(S(N)(=O)=O)cc2)c1. The molecule has 0 aliphatic carbocycles. The summed E-state index contributed by atoms with van der Waals surface area (Å²) in [5.74, 6) is -0.0241. The van der Waals surface area contributed by atoms with Crippen molar-refractivity contribution in [2.75, 3.05) is 18.4 Å². The van der Waals surface area contributed by atoms with E-state index in [1.54, 1.807) is 12.1 Å². The third-order valence-corrected chi connectivity index (χ3v) is 4.98. The smallest absolute Gasteiger partial charge is 0.238 e. The number of hydrogen-bond donors (Lipinski definition) is 3. The van der Waals surface area contributed by atoms with Crippen LogP contribution in [0, 0.1) is 13.8 Å². The second-order valence-corrected chi connectivity index (χ2v) is 7.85. The Balaban J connectivity index is 1.71. The van der Waals surface area contributed by atoms with E-state index >= 15 is 0 Å². The Hall–Kier alpha value is -2.38. The van der Waals surface area contributed by atoms with E-state index in [9.17, 15) is 13.2 Å². The first-order valence-electron chi connectivity index (χ1n) is 8.45. The minimum absolute atomic E-state index is 0.0241. The Morgan fingerprint density at radius 3 is 2.38 bits per heavy atom. The molecule has 0 spiro atoms. The number of hydrogen-bond acceptors (Lipinski definition) is 4. The zero-order chi connectivity index (χ0) is 19.2. The molecule has 26 heavy (non-hydrogen) atoms. The van der Waals surface area contributed by atoms with Gasteiger partial charge in [-0.25, -0.2) is 13.6 Å². The average molecular weight is 375 g/mol. The van der Waals surface area contributed by atoms with Crippen LogP contribution in [0.2, 0.25) is 0 Å². The summed E-state index contributed by atoms with van der Waals surface area (Å²) in [5, 5.41) is 11.2. The number of carbonyl (C=O) groups excluding carboxylic acids is 1. The van der Waals surface area contributed by atoms with Crippen molar-refractivity contribution in [3.05, 3.63) is 59.2 Å². The second-order valence-electron chi connectivity index (χ2n) is 6.28. The van der Waals surface area contributed by atoms with Crippen molar-refractivity contribution in [1.29, 1.82) is 0 Å². The number of aryl methyl sites for hydroxylation is 2. The predicted octanol–water partition coefficient (Wildman–Crippen LogP) is 2.11. The largest absolute Gasteiger partial charge is 0.384 e. The van der Waals surface area contributed by atoms with E-state index in [2.05, 4.69) is 28.8 Å². The fourth-order valence-corrected chi connectivity index (χ4v) is 3.03. The highest BCUT2D eigenvalue weighted by atomic mass is 32.2. The fourth-order valence-electron chi connectivity index (χ4n) is 2.52. The van der Waals surface area contributed by atoms with Gasteiger partial charge in [-0.2, -0.15) is 0 Å². The van der Waals surface area contributed by atoms with Gasteiger partial charge in [0.1, 0.15) is 0 Å². The summed E-state index contributed by atoms with van der Waals surface area (Å²) in [6, 6.07) is 12.5. The molecule has 0 unspecified atom stereocenters. The van der Waals surface area contributed by atoms with Gasteiger partial charge in [0.25, 0.3) is 0 Å². The molecule has 0 aliphatic rings. The van der Waals surface area contributed by atoms with E-state index in [1.807, 2.05) is 13.8 Å². The highest BCUT2D eigenvalue weighted by Crippen LogP contribution is 2.16. The summed E-state index contributed by atoms with van der Waals surface area (Å²) in [4.78, 5) is 12.0. The van der Waals surface area contributed by atoms with E-state index in [0.29, 0.717) is 25.9 Å². The number of carbonyl (C=O) groups is 1. The molecule has 2 rings (SSSR count). The van der Waals surface area contributed by atoms with Crippen LogP contribution in [0.1, 0.15) is 23.1 Å².